The number of aliphatic hydroxyl groups is 1. The van der Waals surface area contributed by atoms with Gasteiger partial charge in [0.1, 0.15) is 11.3 Å². The van der Waals surface area contributed by atoms with Gasteiger partial charge in [0.25, 0.3) is 5.91 Å². The Morgan fingerprint density at radius 3 is 2.77 bits per heavy atom. The summed E-state index contributed by atoms with van der Waals surface area (Å²) in [6.45, 7) is -0.128. The van der Waals surface area contributed by atoms with Crippen LogP contribution in [0.5, 0.6) is 5.75 Å². The van der Waals surface area contributed by atoms with E-state index in [1.165, 1.54) is 0 Å². The lowest BCUT2D eigenvalue weighted by molar-refractivity contribution is -0.134. The van der Waals surface area contributed by atoms with Crippen LogP contribution in [0.1, 0.15) is 50.1 Å². The molecule has 1 atom stereocenters. The molecular formula is C21H26N4O5. The number of nitrogens with zero attached hydrogens (tertiary/aromatic N) is 2. The Bertz CT molecular complexity index is 977. The van der Waals surface area contributed by atoms with Gasteiger partial charge in [0.05, 0.1) is 17.7 Å². The third kappa shape index (κ3) is 4.16. The van der Waals surface area contributed by atoms with Crippen LogP contribution in [-0.2, 0) is 21.4 Å². The SMILES string of the molecule is Cn1nc(C2CCC(=O)NC2=O)c2cccc(OCC(=O)NC3CCC(O)CC3)c21. The first-order valence-electron chi connectivity index (χ1n) is 10.3. The molecule has 0 radical (unpaired) electrons. The molecule has 3 amide bonds. The van der Waals surface area contributed by atoms with Gasteiger partial charge in [0.15, 0.2) is 6.61 Å². The van der Waals surface area contributed by atoms with Gasteiger partial charge in [-0.25, -0.2) is 0 Å². The number of nitrogens with one attached hydrogen (secondary N) is 2. The van der Waals surface area contributed by atoms with Gasteiger partial charge in [0.2, 0.25) is 11.8 Å². The lowest BCUT2D eigenvalue weighted by atomic mass is 9.93. The summed E-state index contributed by atoms with van der Waals surface area (Å²) in [6, 6.07) is 5.50. The summed E-state index contributed by atoms with van der Waals surface area (Å²) in [4.78, 5) is 36.0. The highest BCUT2D eigenvalue weighted by molar-refractivity contribution is 6.03. The Morgan fingerprint density at radius 2 is 2.03 bits per heavy atom. The van der Waals surface area contributed by atoms with Crippen LogP contribution >= 0.6 is 0 Å². The van der Waals surface area contributed by atoms with Crippen LogP contribution in [-0.4, -0.2) is 51.4 Å². The zero-order chi connectivity index (χ0) is 21.3. The van der Waals surface area contributed by atoms with E-state index in [0.29, 0.717) is 36.2 Å². The number of benzene rings is 1. The summed E-state index contributed by atoms with van der Waals surface area (Å²) in [6.07, 6.45) is 3.35. The summed E-state index contributed by atoms with van der Waals surface area (Å²) in [5.74, 6) is -0.795. The first-order valence-corrected chi connectivity index (χ1v) is 10.3. The van der Waals surface area contributed by atoms with Gasteiger partial charge in [-0.3, -0.25) is 24.4 Å². The number of rotatable bonds is 5. The Labute approximate surface area is 173 Å². The monoisotopic (exact) mass is 414 g/mol. The lowest BCUT2D eigenvalue weighted by Gasteiger charge is -2.26. The van der Waals surface area contributed by atoms with E-state index < -0.39 is 5.92 Å². The van der Waals surface area contributed by atoms with E-state index in [9.17, 15) is 19.5 Å². The average Bonchev–Trinajstić information content (AvgIpc) is 3.05. The maximum atomic E-state index is 12.3. The van der Waals surface area contributed by atoms with Gasteiger partial charge in [-0.15, -0.1) is 0 Å². The Hall–Kier alpha value is -2.94. The fraction of sp³-hybridized carbons (Fsp3) is 0.524. The number of aryl methyl sites for hydroxylation is 1. The number of aliphatic hydroxyl groups excluding tert-OH is 1. The number of aromatic nitrogens is 2. The molecule has 2 aliphatic rings. The average molecular weight is 414 g/mol. The number of piperidine rings is 1. The number of hydrogen-bond acceptors (Lipinski definition) is 6. The van der Waals surface area contributed by atoms with Gasteiger partial charge in [-0.05, 0) is 38.2 Å². The van der Waals surface area contributed by atoms with Crippen molar-refractivity contribution in [2.75, 3.05) is 6.61 Å². The van der Waals surface area contributed by atoms with E-state index in [1.807, 2.05) is 6.07 Å². The predicted molar refractivity (Wildman–Crippen MR) is 108 cm³/mol. The van der Waals surface area contributed by atoms with E-state index in [-0.39, 0.29) is 42.9 Å². The number of para-hydroxylation sites is 1. The van der Waals surface area contributed by atoms with E-state index in [2.05, 4.69) is 15.7 Å². The number of ether oxygens (including phenoxy) is 1. The Morgan fingerprint density at radius 1 is 1.27 bits per heavy atom. The topological polar surface area (TPSA) is 123 Å². The van der Waals surface area contributed by atoms with Gasteiger partial charge >= 0.3 is 0 Å². The van der Waals surface area contributed by atoms with Crippen LogP contribution in [0.2, 0.25) is 0 Å². The Balaban J connectivity index is 1.47. The van der Waals surface area contributed by atoms with Gasteiger partial charge in [-0.1, -0.05) is 12.1 Å². The largest absolute Gasteiger partial charge is 0.482 e. The molecule has 0 spiro atoms. The van der Waals surface area contributed by atoms with Crippen molar-refractivity contribution in [2.45, 2.75) is 56.6 Å². The van der Waals surface area contributed by atoms with Crippen molar-refractivity contribution >= 4 is 28.6 Å². The first kappa shape index (κ1) is 20.3. The highest BCUT2D eigenvalue weighted by Crippen LogP contribution is 2.34. The predicted octanol–water partition coefficient (Wildman–Crippen LogP) is 0.892. The smallest absolute Gasteiger partial charge is 0.258 e. The second-order valence-corrected chi connectivity index (χ2v) is 8.03. The third-order valence-corrected chi connectivity index (χ3v) is 5.85. The second-order valence-electron chi connectivity index (χ2n) is 8.03. The maximum Gasteiger partial charge on any atom is 0.258 e. The summed E-state index contributed by atoms with van der Waals surface area (Å²) in [5, 5.41) is 20.2. The van der Waals surface area contributed by atoms with Crippen molar-refractivity contribution in [1.29, 1.82) is 0 Å². The van der Waals surface area contributed by atoms with E-state index in [4.69, 9.17) is 4.74 Å². The molecule has 9 nitrogen and oxygen atoms in total. The molecule has 1 aliphatic heterocycles. The van der Waals surface area contributed by atoms with Gasteiger partial charge in [0, 0.05) is 24.9 Å². The number of hydrogen-bond donors (Lipinski definition) is 3. The molecule has 1 saturated heterocycles. The highest BCUT2D eigenvalue weighted by Gasteiger charge is 2.32. The Kier molecular flexibility index (Phi) is 5.72. The lowest BCUT2D eigenvalue weighted by Crippen LogP contribution is -2.40. The summed E-state index contributed by atoms with van der Waals surface area (Å²) >= 11 is 0. The third-order valence-electron chi connectivity index (χ3n) is 5.85. The van der Waals surface area contributed by atoms with Crippen LogP contribution in [0.4, 0.5) is 0 Å². The fourth-order valence-corrected chi connectivity index (χ4v) is 4.29. The summed E-state index contributed by atoms with van der Waals surface area (Å²) < 4.78 is 7.44. The van der Waals surface area contributed by atoms with Crippen LogP contribution in [0, 0.1) is 0 Å². The molecule has 3 N–H and O–H groups in total. The van der Waals surface area contributed by atoms with Crippen molar-refractivity contribution in [3.63, 3.8) is 0 Å². The van der Waals surface area contributed by atoms with Crippen molar-refractivity contribution in [3.8, 4) is 5.75 Å². The zero-order valence-corrected chi connectivity index (χ0v) is 16.9. The van der Waals surface area contributed by atoms with Crippen molar-refractivity contribution in [2.24, 2.45) is 7.05 Å². The molecule has 1 unspecified atom stereocenters. The molecule has 0 bridgehead atoms. The number of imide groups is 1. The zero-order valence-electron chi connectivity index (χ0n) is 16.9. The van der Waals surface area contributed by atoms with Gasteiger partial charge < -0.3 is 15.2 Å². The molecule has 1 aromatic carbocycles. The van der Waals surface area contributed by atoms with Crippen LogP contribution in [0.25, 0.3) is 10.9 Å². The molecule has 2 aromatic rings. The van der Waals surface area contributed by atoms with Crippen LogP contribution in [0.3, 0.4) is 0 Å². The maximum absolute atomic E-state index is 12.3. The van der Waals surface area contributed by atoms with E-state index in [1.54, 1.807) is 23.9 Å². The molecule has 1 aromatic heterocycles. The fourth-order valence-electron chi connectivity index (χ4n) is 4.29. The number of carbonyl (C=O) groups excluding carboxylic acids is 3. The van der Waals surface area contributed by atoms with Gasteiger partial charge in [-0.2, -0.15) is 5.10 Å². The summed E-state index contributed by atoms with van der Waals surface area (Å²) in [5.41, 5.74) is 1.30. The van der Waals surface area contributed by atoms with Crippen molar-refractivity contribution in [1.82, 2.24) is 20.4 Å². The minimum atomic E-state index is -0.494. The summed E-state index contributed by atoms with van der Waals surface area (Å²) in [7, 11) is 1.76. The first-order chi connectivity index (χ1) is 14.4. The minimum absolute atomic E-state index is 0.0659. The number of carbonyl (C=O) groups is 3. The normalized spacial score (nSPS) is 24.5. The number of fused-ring (bicyclic) bond motifs is 1. The van der Waals surface area contributed by atoms with E-state index >= 15 is 0 Å². The minimum Gasteiger partial charge on any atom is -0.482 e. The molecule has 1 saturated carbocycles. The molecule has 30 heavy (non-hydrogen) atoms. The second kappa shape index (κ2) is 8.43. The molecule has 4 rings (SSSR count). The van der Waals surface area contributed by atoms with Crippen LogP contribution in [0.15, 0.2) is 18.2 Å². The molecule has 1 aliphatic carbocycles. The quantitative estimate of drug-likeness (QED) is 0.625. The van der Waals surface area contributed by atoms with Crippen molar-refractivity contribution < 1.29 is 24.2 Å². The van der Waals surface area contributed by atoms with Crippen LogP contribution < -0.4 is 15.4 Å². The standard InChI is InChI=1S/C21H26N4O5/c1-25-20-14(19(24-25)15-9-10-17(27)23-21(15)29)3-2-4-16(20)30-11-18(28)22-12-5-7-13(26)8-6-12/h2-4,12-13,15,26H,5-11H2,1H3,(H,22,28)(H,23,27,29). The molecule has 160 valence electrons. The molecule has 2 fully saturated rings. The molecular weight excluding hydrogens is 388 g/mol. The number of amides is 3. The van der Waals surface area contributed by atoms with E-state index in [0.717, 1.165) is 18.2 Å². The highest BCUT2D eigenvalue weighted by atomic mass is 16.5. The molecule has 9 heteroatoms. The van der Waals surface area contributed by atoms with Crippen molar-refractivity contribution in [3.05, 3.63) is 23.9 Å². The molecule has 2 heterocycles.